The van der Waals surface area contributed by atoms with Crippen LogP contribution in [0.2, 0.25) is 0 Å². The van der Waals surface area contributed by atoms with Crippen LogP contribution in [-0.2, 0) is 12.8 Å². The molecule has 7 heteroatoms. The Morgan fingerprint density at radius 2 is 1.21 bits per heavy atom. The van der Waals surface area contributed by atoms with Crippen LogP contribution in [0.4, 0.5) is 0 Å². The fourth-order valence-electron chi connectivity index (χ4n) is 3.54. The summed E-state index contributed by atoms with van der Waals surface area (Å²) in [4.78, 5) is 4.87. The van der Waals surface area contributed by atoms with Gasteiger partial charge in [-0.25, -0.2) is 0 Å². The molecule has 0 saturated heterocycles. The maximum atomic E-state index is 5.41. The molecule has 3 rings (SSSR count). The summed E-state index contributed by atoms with van der Waals surface area (Å²) in [6.45, 7) is 1.41. The van der Waals surface area contributed by atoms with Gasteiger partial charge >= 0.3 is 0 Å². The molecule has 0 spiro atoms. The van der Waals surface area contributed by atoms with Gasteiger partial charge in [-0.15, -0.1) is 12.4 Å². The number of ether oxygens (including phenoxy) is 4. The Balaban J connectivity index is 0.00000408. The van der Waals surface area contributed by atoms with E-state index >= 15 is 0 Å². The molecule has 0 saturated carbocycles. The van der Waals surface area contributed by atoms with Crippen LogP contribution in [0.15, 0.2) is 71.7 Å². The van der Waals surface area contributed by atoms with Crippen molar-refractivity contribution < 1.29 is 18.9 Å². The standard InChI is InChI=1S/C27H32N2O4.ClH/c1-30-23-12-10-20(18-25(23)32-3)14-16-28-27(22-8-6-5-7-9-22)29-17-15-21-11-13-24(31-2)26(19-21)33-4;/h5-13,18-19H,14-17H2,1-4H3,(H,28,29);1H. The highest BCUT2D eigenvalue weighted by atomic mass is 35.5. The van der Waals surface area contributed by atoms with Crippen molar-refractivity contribution in [1.29, 1.82) is 0 Å². The van der Waals surface area contributed by atoms with E-state index in [9.17, 15) is 0 Å². The summed E-state index contributed by atoms with van der Waals surface area (Å²) in [6.07, 6.45) is 1.63. The molecular formula is C27H33ClN2O4. The number of nitrogens with one attached hydrogen (secondary N) is 1. The Kier molecular flexibility index (Phi) is 11.1. The van der Waals surface area contributed by atoms with Crippen LogP contribution in [0.1, 0.15) is 16.7 Å². The second kappa shape index (κ2) is 14.0. The second-order valence-electron chi connectivity index (χ2n) is 7.40. The molecule has 3 aromatic carbocycles. The molecule has 0 atom stereocenters. The number of methoxy groups -OCH3 is 4. The first-order valence-corrected chi connectivity index (χ1v) is 10.9. The predicted octanol–water partition coefficient (Wildman–Crippen LogP) is 4.96. The number of amidine groups is 1. The summed E-state index contributed by atoms with van der Waals surface area (Å²) in [6, 6.07) is 22.2. The summed E-state index contributed by atoms with van der Waals surface area (Å²) in [5, 5.41) is 3.51. The largest absolute Gasteiger partial charge is 0.493 e. The molecule has 0 heterocycles. The topological polar surface area (TPSA) is 61.3 Å². The molecule has 0 radical (unpaired) electrons. The van der Waals surface area contributed by atoms with E-state index in [0.29, 0.717) is 6.54 Å². The number of benzene rings is 3. The first-order valence-electron chi connectivity index (χ1n) is 10.9. The molecule has 182 valence electrons. The van der Waals surface area contributed by atoms with E-state index < -0.39 is 0 Å². The zero-order valence-electron chi connectivity index (χ0n) is 20.2. The smallest absolute Gasteiger partial charge is 0.160 e. The molecular weight excluding hydrogens is 452 g/mol. The maximum absolute atomic E-state index is 5.41. The zero-order chi connectivity index (χ0) is 23.5. The summed E-state index contributed by atoms with van der Waals surface area (Å²) < 4.78 is 21.5. The summed E-state index contributed by atoms with van der Waals surface area (Å²) in [7, 11) is 6.58. The molecule has 0 aliphatic heterocycles. The minimum Gasteiger partial charge on any atom is -0.493 e. The normalized spacial score (nSPS) is 10.8. The van der Waals surface area contributed by atoms with Gasteiger partial charge in [0.25, 0.3) is 0 Å². The van der Waals surface area contributed by atoms with Crippen molar-refractivity contribution in [3.05, 3.63) is 83.4 Å². The average Bonchev–Trinajstić information content (AvgIpc) is 2.87. The van der Waals surface area contributed by atoms with Crippen molar-refractivity contribution in [1.82, 2.24) is 5.32 Å². The van der Waals surface area contributed by atoms with E-state index in [1.807, 2.05) is 48.5 Å². The van der Waals surface area contributed by atoms with Gasteiger partial charge in [-0.3, -0.25) is 4.99 Å². The zero-order valence-corrected chi connectivity index (χ0v) is 21.0. The lowest BCUT2D eigenvalue weighted by Crippen LogP contribution is -2.27. The van der Waals surface area contributed by atoms with Crippen molar-refractivity contribution in [2.75, 3.05) is 41.5 Å². The van der Waals surface area contributed by atoms with E-state index in [1.54, 1.807) is 28.4 Å². The molecule has 0 unspecified atom stereocenters. The van der Waals surface area contributed by atoms with Crippen molar-refractivity contribution >= 4 is 18.2 Å². The van der Waals surface area contributed by atoms with Gasteiger partial charge in [0.15, 0.2) is 23.0 Å². The van der Waals surface area contributed by atoms with E-state index in [1.165, 1.54) is 0 Å². The van der Waals surface area contributed by atoms with Gasteiger partial charge in [-0.1, -0.05) is 42.5 Å². The van der Waals surface area contributed by atoms with E-state index in [0.717, 1.165) is 64.9 Å². The molecule has 0 aromatic heterocycles. The van der Waals surface area contributed by atoms with Gasteiger partial charge in [-0.05, 0) is 48.2 Å². The predicted molar refractivity (Wildman–Crippen MR) is 140 cm³/mol. The minimum atomic E-state index is 0. The van der Waals surface area contributed by atoms with E-state index in [2.05, 4.69) is 23.5 Å². The number of hydrogen-bond acceptors (Lipinski definition) is 5. The first kappa shape index (κ1) is 26.9. The lowest BCUT2D eigenvalue weighted by molar-refractivity contribution is 0.354. The van der Waals surface area contributed by atoms with Gasteiger partial charge in [-0.2, -0.15) is 0 Å². The molecule has 3 aromatic rings. The average molecular weight is 485 g/mol. The molecule has 1 N–H and O–H groups in total. The van der Waals surface area contributed by atoms with Crippen LogP contribution < -0.4 is 24.3 Å². The molecule has 0 aliphatic rings. The Labute approximate surface area is 208 Å². The fourth-order valence-corrected chi connectivity index (χ4v) is 3.54. The molecule has 34 heavy (non-hydrogen) atoms. The number of rotatable bonds is 11. The lowest BCUT2D eigenvalue weighted by Gasteiger charge is -2.13. The Morgan fingerprint density at radius 1 is 0.676 bits per heavy atom. The van der Waals surface area contributed by atoms with Crippen LogP contribution in [-0.4, -0.2) is 47.4 Å². The number of aliphatic imine (C=N–C) groups is 1. The van der Waals surface area contributed by atoms with Crippen LogP contribution in [0.25, 0.3) is 0 Å². The molecule has 0 aliphatic carbocycles. The van der Waals surface area contributed by atoms with Gasteiger partial charge in [0.2, 0.25) is 0 Å². The van der Waals surface area contributed by atoms with Gasteiger partial charge in [0, 0.05) is 18.7 Å². The van der Waals surface area contributed by atoms with E-state index in [4.69, 9.17) is 23.9 Å². The quantitative estimate of drug-likeness (QED) is 0.308. The first-order chi connectivity index (χ1) is 16.2. The third-order valence-electron chi connectivity index (χ3n) is 5.32. The van der Waals surface area contributed by atoms with Crippen LogP contribution in [0, 0.1) is 0 Å². The highest BCUT2D eigenvalue weighted by molar-refractivity contribution is 5.98. The highest BCUT2D eigenvalue weighted by Crippen LogP contribution is 2.28. The van der Waals surface area contributed by atoms with Crippen molar-refractivity contribution in [3.63, 3.8) is 0 Å². The Hall–Kier alpha value is -3.38. The molecule has 0 fully saturated rings. The van der Waals surface area contributed by atoms with E-state index in [-0.39, 0.29) is 12.4 Å². The third-order valence-corrected chi connectivity index (χ3v) is 5.32. The third kappa shape index (κ3) is 7.32. The monoisotopic (exact) mass is 484 g/mol. The number of hydrogen-bond donors (Lipinski definition) is 1. The number of halogens is 1. The van der Waals surface area contributed by atoms with Crippen molar-refractivity contribution in [2.24, 2.45) is 4.99 Å². The summed E-state index contributed by atoms with van der Waals surface area (Å²) in [5.41, 5.74) is 3.38. The fraction of sp³-hybridized carbons (Fsp3) is 0.296. The SMILES string of the molecule is COc1ccc(CCN=C(NCCc2ccc(OC)c(OC)c2)c2ccccc2)cc1OC.Cl. The summed E-state index contributed by atoms with van der Waals surface area (Å²) >= 11 is 0. The molecule has 0 bridgehead atoms. The number of nitrogens with zero attached hydrogens (tertiary/aromatic N) is 1. The summed E-state index contributed by atoms with van der Waals surface area (Å²) in [5.74, 6) is 3.82. The van der Waals surface area contributed by atoms with Crippen molar-refractivity contribution in [2.45, 2.75) is 12.8 Å². The maximum Gasteiger partial charge on any atom is 0.160 e. The van der Waals surface area contributed by atoms with Gasteiger partial charge < -0.3 is 24.3 Å². The Morgan fingerprint density at radius 3 is 1.74 bits per heavy atom. The molecule has 6 nitrogen and oxygen atoms in total. The Bertz CT molecular complexity index is 1060. The van der Waals surface area contributed by atoms with Crippen molar-refractivity contribution in [3.8, 4) is 23.0 Å². The minimum absolute atomic E-state index is 0. The van der Waals surface area contributed by atoms with Crippen LogP contribution in [0.5, 0.6) is 23.0 Å². The van der Waals surface area contributed by atoms with Crippen LogP contribution >= 0.6 is 12.4 Å². The van der Waals surface area contributed by atoms with Crippen LogP contribution in [0.3, 0.4) is 0 Å². The van der Waals surface area contributed by atoms with Gasteiger partial charge in [0.1, 0.15) is 5.84 Å². The van der Waals surface area contributed by atoms with Gasteiger partial charge in [0.05, 0.1) is 28.4 Å². The highest BCUT2D eigenvalue weighted by Gasteiger charge is 2.07. The second-order valence-corrected chi connectivity index (χ2v) is 7.40. The lowest BCUT2D eigenvalue weighted by atomic mass is 10.1. The molecule has 0 amide bonds.